The fourth-order valence-electron chi connectivity index (χ4n) is 2.06. The third-order valence-corrected chi connectivity index (χ3v) is 3.50. The van der Waals surface area contributed by atoms with Crippen LogP contribution in [0.5, 0.6) is 0 Å². The summed E-state index contributed by atoms with van der Waals surface area (Å²) < 4.78 is 6.00. The van der Waals surface area contributed by atoms with Crippen LogP contribution >= 0.6 is 0 Å². The molecule has 2 rings (SSSR count). The molecule has 8 heteroatoms. The molecule has 0 fully saturated rings. The van der Waals surface area contributed by atoms with E-state index in [0.29, 0.717) is 5.69 Å². The van der Waals surface area contributed by atoms with Gasteiger partial charge in [-0.15, -0.1) is 0 Å². The first-order valence-corrected chi connectivity index (χ1v) is 7.78. The molecule has 2 aromatic rings. The number of aryl methyl sites for hydroxylation is 1. The number of aromatic nitrogens is 2. The number of esters is 1. The van der Waals surface area contributed by atoms with Crippen LogP contribution in [0, 0.1) is 0 Å². The predicted molar refractivity (Wildman–Crippen MR) is 91.3 cm³/mol. The van der Waals surface area contributed by atoms with Crippen LogP contribution in [0.2, 0.25) is 0 Å². The minimum absolute atomic E-state index is 0.404. The highest BCUT2D eigenvalue weighted by atomic mass is 16.5. The van der Waals surface area contributed by atoms with Gasteiger partial charge in [-0.2, -0.15) is 0 Å². The Morgan fingerprint density at radius 2 is 1.88 bits per heavy atom. The Balaban J connectivity index is 1.92. The highest BCUT2D eigenvalue weighted by molar-refractivity contribution is 5.95. The van der Waals surface area contributed by atoms with Gasteiger partial charge in [0.2, 0.25) is 0 Å². The minimum Gasteiger partial charge on any atom is -0.451 e. The smallest absolute Gasteiger partial charge is 0.328 e. The monoisotopic (exact) mass is 345 g/mol. The largest absolute Gasteiger partial charge is 0.451 e. The normalized spacial score (nSPS) is 11.6. The zero-order valence-corrected chi connectivity index (χ0v) is 13.9. The molecule has 1 atom stereocenters. The van der Waals surface area contributed by atoms with Crippen molar-refractivity contribution in [3.05, 3.63) is 62.9 Å². The average molecular weight is 345 g/mol. The lowest BCUT2D eigenvalue weighted by Gasteiger charge is -2.14. The number of benzene rings is 1. The number of nitrogens with one attached hydrogen (secondary N) is 2. The van der Waals surface area contributed by atoms with Crippen molar-refractivity contribution in [2.24, 2.45) is 0 Å². The van der Waals surface area contributed by atoms with Crippen molar-refractivity contribution >= 4 is 17.6 Å². The molecular weight excluding hydrogens is 326 g/mol. The first-order chi connectivity index (χ1) is 11.9. The maximum Gasteiger partial charge on any atom is 0.328 e. The number of carbonyl (C=O) groups excluding carboxylic acids is 2. The molecule has 0 radical (unpaired) electrons. The van der Waals surface area contributed by atoms with Crippen LogP contribution in [0.15, 0.2) is 46.1 Å². The summed E-state index contributed by atoms with van der Waals surface area (Å²) in [7, 11) is 0. The quantitative estimate of drug-likeness (QED) is 0.748. The van der Waals surface area contributed by atoms with Gasteiger partial charge in [-0.05, 0) is 31.0 Å². The molecule has 0 aliphatic carbocycles. The van der Waals surface area contributed by atoms with Crippen molar-refractivity contribution in [1.82, 2.24) is 9.55 Å². The molecule has 0 aliphatic heterocycles. The molecule has 0 unspecified atom stereocenters. The molecule has 0 bridgehead atoms. The van der Waals surface area contributed by atoms with E-state index in [0.717, 1.165) is 22.6 Å². The van der Waals surface area contributed by atoms with Gasteiger partial charge in [0, 0.05) is 18.0 Å². The molecule has 1 amide bonds. The maximum atomic E-state index is 12.1. The Labute approximate surface area is 143 Å². The van der Waals surface area contributed by atoms with Gasteiger partial charge < -0.3 is 10.1 Å². The summed E-state index contributed by atoms with van der Waals surface area (Å²) in [6, 6.07) is 8.45. The van der Waals surface area contributed by atoms with E-state index in [4.69, 9.17) is 4.74 Å². The van der Waals surface area contributed by atoms with Gasteiger partial charge >= 0.3 is 11.7 Å². The predicted octanol–water partition coefficient (Wildman–Crippen LogP) is 0.669. The van der Waals surface area contributed by atoms with E-state index in [1.165, 1.54) is 13.1 Å². The van der Waals surface area contributed by atoms with Crippen LogP contribution in [-0.2, 0) is 27.3 Å². The first-order valence-electron chi connectivity index (χ1n) is 7.78. The Hall–Kier alpha value is -3.16. The number of amides is 1. The second-order valence-corrected chi connectivity index (χ2v) is 5.41. The molecule has 0 aliphatic rings. The number of carbonyl (C=O) groups is 2. The number of hydrogen-bond donors (Lipinski definition) is 2. The highest BCUT2D eigenvalue weighted by Gasteiger charge is 2.18. The summed E-state index contributed by atoms with van der Waals surface area (Å²) in [4.78, 5) is 48.4. The second kappa shape index (κ2) is 8.09. The number of nitrogens with zero attached hydrogens (tertiary/aromatic N) is 1. The Kier molecular flexibility index (Phi) is 5.89. The lowest BCUT2D eigenvalue weighted by atomic mass is 10.1. The number of hydrogen-bond acceptors (Lipinski definition) is 5. The molecule has 1 aromatic carbocycles. The van der Waals surface area contributed by atoms with Gasteiger partial charge in [0.05, 0.1) is 0 Å². The maximum absolute atomic E-state index is 12.1. The fourth-order valence-corrected chi connectivity index (χ4v) is 2.06. The Morgan fingerprint density at radius 3 is 2.48 bits per heavy atom. The van der Waals surface area contributed by atoms with Gasteiger partial charge in [-0.3, -0.25) is 23.9 Å². The summed E-state index contributed by atoms with van der Waals surface area (Å²) >= 11 is 0. The lowest BCUT2D eigenvalue weighted by Crippen LogP contribution is -2.34. The van der Waals surface area contributed by atoms with Gasteiger partial charge in [0.15, 0.2) is 6.10 Å². The zero-order chi connectivity index (χ0) is 18.4. The second-order valence-electron chi connectivity index (χ2n) is 5.41. The SMILES string of the molecule is CCc1ccc(NC(=O)[C@@H](C)OC(=O)Cn2ccc(=O)[nH]c2=O)cc1. The molecule has 0 spiro atoms. The minimum atomic E-state index is -1.03. The Bertz CT molecular complexity index is 867. The lowest BCUT2D eigenvalue weighted by molar-refractivity contribution is -0.153. The van der Waals surface area contributed by atoms with Crippen molar-refractivity contribution in [2.75, 3.05) is 5.32 Å². The van der Waals surface area contributed by atoms with Gasteiger partial charge in [0.25, 0.3) is 11.5 Å². The topological polar surface area (TPSA) is 110 Å². The molecule has 1 aromatic heterocycles. The van der Waals surface area contributed by atoms with Crippen LogP contribution < -0.4 is 16.6 Å². The van der Waals surface area contributed by atoms with Crippen molar-refractivity contribution in [3.8, 4) is 0 Å². The number of ether oxygens (including phenoxy) is 1. The first kappa shape index (κ1) is 18.2. The van der Waals surface area contributed by atoms with E-state index in [2.05, 4.69) is 5.32 Å². The van der Waals surface area contributed by atoms with Crippen LogP contribution in [0.3, 0.4) is 0 Å². The van der Waals surface area contributed by atoms with E-state index >= 15 is 0 Å². The summed E-state index contributed by atoms with van der Waals surface area (Å²) in [5.41, 5.74) is 0.458. The molecule has 25 heavy (non-hydrogen) atoms. The van der Waals surface area contributed by atoms with E-state index in [1.54, 1.807) is 12.1 Å². The molecule has 8 nitrogen and oxygen atoms in total. The van der Waals surface area contributed by atoms with Crippen LogP contribution in [0.4, 0.5) is 5.69 Å². The summed E-state index contributed by atoms with van der Waals surface area (Å²) in [5, 5.41) is 2.65. The third-order valence-electron chi connectivity index (χ3n) is 3.50. The molecule has 0 saturated heterocycles. The van der Waals surface area contributed by atoms with Gasteiger partial charge in [-0.25, -0.2) is 4.79 Å². The van der Waals surface area contributed by atoms with E-state index in [1.807, 2.05) is 24.0 Å². The van der Waals surface area contributed by atoms with Crippen molar-refractivity contribution < 1.29 is 14.3 Å². The van der Waals surface area contributed by atoms with Crippen LogP contribution in [-0.4, -0.2) is 27.5 Å². The van der Waals surface area contributed by atoms with Crippen molar-refractivity contribution in [3.63, 3.8) is 0 Å². The Morgan fingerprint density at radius 1 is 1.20 bits per heavy atom. The standard InChI is InChI=1S/C17H19N3O5/c1-3-12-4-6-13(7-5-12)18-16(23)11(2)25-15(22)10-20-9-8-14(21)19-17(20)24/h4-9,11H,3,10H2,1-2H3,(H,18,23)(H,19,21,24)/t11-/m1/s1. The van der Waals surface area contributed by atoms with Gasteiger partial charge in [0.1, 0.15) is 6.54 Å². The van der Waals surface area contributed by atoms with E-state index in [9.17, 15) is 19.2 Å². The zero-order valence-electron chi connectivity index (χ0n) is 13.9. The number of anilines is 1. The number of rotatable bonds is 6. The van der Waals surface area contributed by atoms with Gasteiger partial charge in [-0.1, -0.05) is 19.1 Å². The summed E-state index contributed by atoms with van der Waals surface area (Å²) in [5.74, 6) is -1.25. The molecule has 1 heterocycles. The molecule has 2 N–H and O–H groups in total. The molecule has 132 valence electrons. The van der Waals surface area contributed by atoms with E-state index in [-0.39, 0.29) is 0 Å². The van der Waals surface area contributed by atoms with Crippen LogP contribution in [0.1, 0.15) is 19.4 Å². The average Bonchev–Trinajstić information content (AvgIpc) is 2.58. The molecular formula is C17H19N3O5. The van der Waals surface area contributed by atoms with Crippen LogP contribution in [0.25, 0.3) is 0 Å². The summed E-state index contributed by atoms with van der Waals surface area (Å²) in [6.07, 6.45) is 1.05. The third kappa shape index (κ3) is 5.17. The highest BCUT2D eigenvalue weighted by Crippen LogP contribution is 2.10. The number of aromatic amines is 1. The van der Waals surface area contributed by atoms with E-state index < -0.39 is 35.8 Å². The number of H-pyrrole nitrogens is 1. The summed E-state index contributed by atoms with van der Waals surface area (Å²) in [6.45, 7) is 3.06. The van der Waals surface area contributed by atoms with Crippen molar-refractivity contribution in [2.45, 2.75) is 32.9 Å². The fraction of sp³-hybridized carbons (Fsp3) is 0.294. The molecule has 0 saturated carbocycles. The van der Waals surface area contributed by atoms with Crippen molar-refractivity contribution in [1.29, 1.82) is 0 Å².